The van der Waals surface area contributed by atoms with Crippen molar-refractivity contribution in [3.8, 4) is 0 Å². The molecule has 0 saturated carbocycles. The summed E-state index contributed by atoms with van der Waals surface area (Å²) >= 11 is 4.01. The van der Waals surface area contributed by atoms with E-state index < -0.39 is 0 Å². The van der Waals surface area contributed by atoms with E-state index in [0.717, 1.165) is 5.56 Å². The van der Waals surface area contributed by atoms with Gasteiger partial charge in [-0.05, 0) is 37.8 Å². The molecule has 124 valence electrons. The second-order valence-corrected chi connectivity index (χ2v) is 7.78. The fourth-order valence-electron chi connectivity index (χ4n) is 1.82. The van der Waals surface area contributed by atoms with Gasteiger partial charge in [0.25, 0.3) is 5.91 Å². The molecule has 2 amide bonds. The molecule has 1 N–H and O–H groups in total. The first-order valence-corrected chi connectivity index (χ1v) is 9.82. The maximum atomic E-state index is 12.0. The predicted octanol–water partition coefficient (Wildman–Crippen LogP) is 3.12. The lowest BCUT2D eigenvalue weighted by Gasteiger charge is -2.17. The zero-order valence-corrected chi connectivity index (χ0v) is 15.6. The van der Waals surface area contributed by atoms with Crippen LogP contribution >= 0.6 is 34.4 Å². The molecule has 0 atom stereocenters. The number of aromatic nitrogens is 2. The van der Waals surface area contributed by atoms with Gasteiger partial charge in [0.1, 0.15) is 0 Å². The third-order valence-electron chi connectivity index (χ3n) is 3.02. The lowest BCUT2D eigenvalue weighted by molar-refractivity contribution is -0.127. The Morgan fingerprint density at radius 1 is 1.30 bits per heavy atom. The van der Waals surface area contributed by atoms with Crippen LogP contribution in [0.5, 0.6) is 0 Å². The molecular formula is C14H18N4O2S3. The average molecular weight is 371 g/mol. The molecule has 2 heterocycles. The molecule has 23 heavy (non-hydrogen) atoms. The van der Waals surface area contributed by atoms with Crippen molar-refractivity contribution in [1.82, 2.24) is 15.1 Å². The van der Waals surface area contributed by atoms with Crippen molar-refractivity contribution in [3.05, 3.63) is 21.9 Å². The first-order valence-electron chi connectivity index (χ1n) is 7.14. The summed E-state index contributed by atoms with van der Waals surface area (Å²) in [6.07, 6.45) is 0. The minimum atomic E-state index is -0.185. The number of carbonyl (C=O) groups excluding carboxylic acids is 2. The van der Waals surface area contributed by atoms with Crippen molar-refractivity contribution >= 4 is 51.4 Å². The molecule has 6 nitrogen and oxygen atoms in total. The molecule has 0 radical (unpaired) electrons. The van der Waals surface area contributed by atoms with Gasteiger partial charge in [0.15, 0.2) is 4.34 Å². The number of amides is 2. The molecule has 2 aromatic rings. The molecule has 0 spiro atoms. The average Bonchev–Trinajstić information content (AvgIpc) is 3.15. The smallest absolute Gasteiger partial charge is 0.267 e. The Morgan fingerprint density at radius 2 is 2.04 bits per heavy atom. The second-order valence-electron chi connectivity index (χ2n) is 4.67. The number of rotatable bonds is 7. The van der Waals surface area contributed by atoms with Crippen molar-refractivity contribution in [2.75, 3.05) is 24.2 Å². The number of carbonyl (C=O) groups is 2. The van der Waals surface area contributed by atoms with Gasteiger partial charge in [-0.3, -0.25) is 14.9 Å². The monoisotopic (exact) mass is 370 g/mol. The minimum Gasteiger partial charge on any atom is -0.343 e. The number of nitrogens with one attached hydrogen (secondary N) is 1. The molecule has 0 fully saturated rings. The third kappa shape index (κ3) is 5.02. The van der Waals surface area contributed by atoms with E-state index in [0.29, 0.717) is 33.2 Å². The van der Waals surface area contributed by atoms with E-state index in [4.69, 9.17) is 0 Å². The van der Waals surface area contributed by atoms with E-state index in [1.54, 1.807) is 4.90 Å². The third-order valence-corrected chi connectivity index (χ3v) is 6.02. The summed E-state index contributed by atoms with van der Waals surface area (Å²) in [5.74, 6) is 0.221. The van der Waals surface area contributed by atoms with Gasteiger partial charge in [0.2, 0.25) is 11.0 Å². The molecule has 9 heteroatoms. The van der Waals surface area contributed by atoms with Crippen LogP contribution in [0.2, 0.25) is 0 Å². The number of thiophene rings is 1. The zero-order valence-electron chi connectivity index (χ0n) is 13.2. The molecule has 0 aliphatic rings. The van der Waals surface area contributed by atoms with E-state index in [2.05, 4.69) is 15.5 Å². The quantitative estimate of drug-likeness (QED) is 0.599. The van der Waals surface area contributed by atoms with E-state index in [1.165, 1.54) is 34.4 Å². The van der Waals surface area contributed by atoms with Gasteiger partial charge in [0, 0.05) is 13.1 Å². The van der Waals surface area contributed by atoms with Crippen LogP contribution in [0.1, 0.15) is 29.1 Å². The van der Waals surface area contributed by atoms with Gasteiger partial charge >= 0.3 is 0 Å². The van der Waals surface area contributed by atoms with Crippen molar-refractivity contribution in [2.24, 2.45) is 0 Å². The molecule has 0 aromatic carbocycles. The molecule has 0 aliphatic carbocycles. The summed E-state index contributed by atoms with van der Waals surface area (Å²) in [7, 11) is 0. The maximum Gasteiger partial charge on any atom is 0.267 e. The summed E-state index contributed by atoms with van der Waals surface area (Å²) in [4.78, 5) is 26.4. The number of aryl methyl sites for hydroxylation is 1. The molecule has 0 saturated heterocycles. The molecule has 2 rings (SSSR count). The number of thioether (sulfide) groups is 1. The standard InChI is InChI=1S/C14H18N4O2S3/c1-4-18(5-2)11(19)8-22-14-17-16-13(23-14)15-12(20)10-6-9(3)7-21-10/h6-7H,4-5,8H2,1-3H3,(H,15,16,20). The fraction of sp³-hybridized carbons (Fsp3) is 0.429. The lowest BCUT2D eigenvalue weighted by atomic mass is 10.3. The second kappa shape index (κ2) is 8.42. The van der Waals surface area contributed by atoms with Crippen LogP contribution in [0.3, 0.4) is 0 Å². The van der Waals surface area contributed by atoms with Crippen molar-refractivity contribution in [3.63, 3.8) is 0 Å². The summed E-state index contributed by atoms with van der Waals surface area (Å²) in [5, 5.41) is 13.0. The van der Waals surface area contributed by atoms with Crippen LogP contribution in [0.4, 0.5) is 5.13 Å². The number of anilines is 1. The van der Waals surface area contributed by atoms with Gasteiger partial charge in [-0.2, -0.15) is 0 Å². The highest BCUT2D eigenvalue weighted by Crippen LogP contribution is 2.26. The van der Waals surface area contributed by atoms with E-state index in [-0.39, 0.29) is 11.8 Å². The highest BCUT2D eigenvalue weighted by Gasteiger charge is 2.14. The van der Waals surface area contributed by atoms with Gasteiger partial charge in [-0.25, -0.2) is 0 Å². The normalized spacial score (nSPS) is 10.6. The van der Waals surface area contributed by atoms with Crippen LogP contribution in [0, 0.1) is 6.92 Å². The number of hydrogen-bond donors (Lipinski definition) is 1. The summed E-state index contributed by atoms with van der Waals surface area (Å²) in [6, 6.07) is 1.83. The Morgan fingerprint density at radius 3 is 2.65 bits per heavy atom. The van der Waals surface area contributed by atoms with E-state index in [9.17, 15) is 9.59 Å². The fourth-order valence-corrected chi connectivity index (χ4v) is 4.26. The number of hydrogen-bond acceptors (Lipinski definition) is 7. The molecule has 0 unspecified atom stereocenters. The lowest BCUT2D eigenvalue weighted by Crippen LogP contribution is -2.31. The minimum absolute atomic E-state index is 0.0786. The summed E-state index contributed by atoms with van der Waals surface area (Å²) in [5.41, 5.74) is 1.06. The van der Waals surface area contributed by atoms with Gasteiger partial charge in [-0.15, -0.1) is 21.5 Å². The van der Waals surface area contributed by atoms with Gasteiger partial charge in [-0.1, -0.05) is 23.1 Å². The first kappa shape index (κ1) is 17.9. The van der Waals surface area contributed by atoms with E-state index in [1.807, 2.05) is 32.2 Å². The summed E-state index contributed by atoms with van der Waals surface area (Å²) in [6.45, 7) is 7.26. The zero-order chi connectivity index (χ0) is 16.8. The highest BCUT2D eigenvalue weighted by molar-refractivity contribution is 8.01. The first-order chi connectivity index (χ1) is 11.0. The van der Waals surface area contributed by atoms with Crippen molar-refractivity contribution < 1.29 is 9.59 Å². The Bertz CT molecular complexity index is 679. The van der Waals surface area contributed by atoms with Crippen LogP contribution in [-0.4, -0.2) is 45.8 Å². The molecule has 0 aliphatic heterocycles. The topological polar surface area (TPSA) is 75.2 Å². The van der Waals surface area contributed by atoms with E-state index >= 15 is 0 Å². The Labute approximate surface area is 147 Å². The molecule has 2 aromatic heterocycles. The Balaban J connectivity index is 1.88. The van der Waals surface area contributed by atoms with Gasteiger partial charge < -0.3 is 4.90 Å². The molecular weight excluding hydrogens is 352 g/mol. The largest absolute Gasteiger partial charge is 0.343 e. The number of nitrogens with zero attached hydrogens (tertiary/aromatic N) is 3. The van der Waals surface area contributed by atoms with Crippen LogP contribution < -0.4 is 5.32 Å². The highest BCUT2D eigenvalue weighted by atomic mass is 32.2. The predicted molar refractivity (Wildman–Crippen MR) is 95.6 cm³/mol. The summed E-state index contributed by atoms with van der Waals surface area (Å²) < 4.78 is 0.670. The Kier molecular flexibility index (Phi) is 6.55. The Hall–Kier alpha value is -1.45. The van der Waals surface area contributed by atoms with Crippen molar-refractivity contribution in [2.45, 2.75) is 25.1 Å². The van der Waals surface area contributed by atoms with Crippen LogP contribution in [-0.2, 0) is 4.79 Å². The van der Waals surface area contributed by atoms with Crippen molar-refractivity contribution in [1.29, 1.82) is 0 Å². The maximum absolute atomic E-state index is 12.0. The SMILES string of the molecule is CCN(CC)C(=O)CSc1nnc(NC(=O)c2cc(C)cs2)s1. The molecule has 0 bridgehead atoms. The van der Waals surface area contributed by atoms with Gasteiger partial charge in [0.05, 0.1) is 10.6 Å². The van der Waals surface area contributed by atoms with Crippen LogP contribution in [0.25, 0.3) is 0 Å². The van der Waals surface area contributed by atoms with Crippen LogP contribution in [0.15, 0.2) is 15.8 Å².